The van der Waals surface area contributed by atoms with Crippen LogP contribution in [-0.2, 0) is 9.59 Å². The Hall–Kier alpha value is -2.88. The molecule has 30 heteroatoms. The lowest BCUT2D eigenvalue weighted by atomic mass is 9.77. The summed E-state index contributed by atoms with van der Waals surface area (Å²) in [7, 11) is 0. The maximum Gasteiger partial charge on any atom is 0.460 e. The molecule has 0 unspecified atom stereocenters. The van der Waals surface area contributed by atoms with Crippen molar-refractivity contribution in [3.63, 3.8) is 0 Å². The van der Waals surface area contributed by atoms with E-state index in [4.69, 9.17) is 10.2 Å². The molecule has 0 spiro atoms. The fourth-order valence-corrected chi connectivity index (χ4v) is 3.79. The highest BCUT2D eigenvalue weighted by Crippen LogP contribution is 2.62. The molecule has 0 heterocycles. The molecule has 2 N–H and O–H groups in total. The van der Waals surface area contributed by atoms with Crippen LogP contribution in [0.3, 0.4) is 0 Å². The standard InChI is InChI=1S/C21H14F26O4/c22-10(23,12(26,27)14(30,31)16(34,35)18(38,39)20(42,43)44)5-1-3-9(7(48)49,8(50)51)4-2-6-11(24,25)13(28,29)15(32,33)17(36,37)19(40,41)21(45,46)47/h1-6H2,(H,48,49)(H,50,51). The molecule has 0 saturated heterocycles. The zero-order valence-electron chi connectivity index (χ0n) is 23.3. The van der Waals surface area contributed by atoms with E-state index in [1.54, 1.807) is 0 Å². The summed E-state index contributed by atoms with van der Waals surface area (Å²) in [6.07, 6.45) is -31.7. The number of alkyl halides is 26. The van der Waals surface area contributed by atoms with Gasteiger partial charge in [0.1, 0.15) is 0 Å². The lowest BCUT2D eigenvalue weighted by Gasteiger charge is -2.40. The number of carboxylic acid groups (broad SMARTS) is 2. The van der Waals surface area contributed by atoms with E-state index in [1.807, 2.05) is 0 Å². The maximum atomic E-state index is 14.0. The summed E-state index contributed by atoms with van der Waals surface area (Å²) in [5, 5.41) is 18.2. The fraction of sp³-hybridized carbons (Fsp3) is 0.905. The summed E-state index contributed by atoms with van der Waals surface area (Å²) in [5.74, 6) is -85.8. The Bertz CT molecular complexity index is 1170. The molecular weight excluding hydrogens is 810 g/mol. The van der Waals surface area contributed by atoms with Gasteiger partial charge in [-0.2, -0.15) is 114 Å². The van der Waals surface area contributed by atoms with Crippen LogP contribution < -0.4 is 0 Å². The third kappa shape index (κ3) is 7.24. The van der Waals surface area contributed by atoms with E-state index in [2.05, 4.69) is 0 Å². The van der Waals surface area contributed by atoms with E-state index >= 15 is 0 Å². The molecule has 0 aromatic carbocycles. The Balaban J connectivity index is 6.41. The molecule has 0 aliphatic heterocycles. The van der Waals surface area contributed by atoms with Crippen LogP contribution in [0.5, 0.6) is 0 Å². The summed E-state index contributed by atoms with van der Waals surface area (Å²) < 4.78 is 343. The quantitative estimate of drug-likeness (QED) is 0.107. The van der Waals surface area contributed by atoms with Gasteiger partial charge in [0.15, 0.2) is 5.41 Å². The first kappa shape index (κ1) is 48.1. The van der Waals surface area contributed by atoms with Gasteiger partial charge in [0.25, 0.3) is 0 Å². The van der Waals surface area contributed by atoms with Crippen molar-refractivity contribution in [2.24, 2.45) is 5.41 Å². The van der Waals surface area contributed by atoms with E-state index in [-0.39, 0.29) is 0 Å². The van der Waals surface area contributed by atoms with Gasteiger partial charge in [0.2, 0.25) is 0 Å². The molecule has 0 aliphatic rings. The molecule has 0 atom stereocenters. The van der Waals surface area contributed by atoms with Crippen LogP contribution >= 0.6 is 0 Å². The van der Waals surface area contributed by atoms with E-state index in [1.165, 1.54) is 0 Å². The molecule has 0 aromatic heterocycles. The SMILES string of the molecule is O=C(O)C(CCCC(F)(F)C(F)(F)C(F)(F)C(F)(F)C(F)(F)C(F)(F)F)(CCCC(F)(F)C(F)(F)C(F)(F)C(F)(F)C(F)(F)C(F)(F)F)C(=O)O. The summed E-state index contributed by atoms with van der Waals surface area (Å²) in [6.45, 7) is 0. The predicted octanol–water partition coefficient (Wildman–Crippen LogP) is 9.96. The summed E-state index contributed by atoms with van der Waals surface area (Å²) in [4.78, 5) is 23.0. The van der Waals surface area contributed by atoms with Gasteiger partial charge in [-0.1, -0.05) is 0 Å². The van der Waals surface area contributed by atoms with Crippen molar-refractivity contribution in [2.45, 2.75) is 110 Å². The van der Waals surface area contributed by atoms with Gasteiger partial charge in [0.05, 0.1) is 0 Å². The van der Waals surface area contributed by atoms with Crippen molar-refractivity contribution >= 4 is 11.9 Å². The highest BCUT2D eigenvalue weighted by molar-refractivity contribution is 5.98. The Morgan fingerprint density at radius 2 is 0.510 bits per heavy atom. The third-order valence-electron chi connectivity index (χ3n) is 7.00. The first-order valence-corrected chi connectivity index (χ1v) is 12.2. The molecule has 0 aliphatic carbocycles. The molecule has 51 heavy (non-hydrogen) atoms. The molecule has 304 valence electrons. The molecule has 4 nitrogen and oxygen atoms in total. The van der Waals surface area contributed by atoms with Gasteiger partial charge >= 0.3 is 83.5 Å². The normalized spacial score (nSPS) is 16.0. The molecular formula is C21H14F26O4. The van der Waals surface area contributed by atoms with E-state index in [0.29, 0.717) is 0 Å². The van der Waals surface area contributed by atoms with Gasteiger partial charge < -0.3 is 10.2 Å². The third-order valence-corrected chi connectivity index (χ3v) is 7.00. The molecule has 0 amide bonds. The van der Waals surface area contributed by atoms with Gasteiger partial charge in [-0.3, -0.25) is 9.59 Å². The minimum Gasteiger partial charge on any atom is -0.480 e. The molecule has 0 aromatic rings. The first-order valence-electron chi connectivity index (χ1n) is 12.2. The molecule has 0 radical (unpaired) electrons. The van der Waals surface area contributed by atoms with E-state index in [0.717, 1.165) is 0 Å². The summed E-state index contributed by atoms with van der Waals surface area (Å²) in [5.41, 5.74) is -4.16. The smallest absolute Gasteiger partial charge is 0.460 e. The Morgan fingerprint density at radius 3 is 0.686 bits per heavy atom. The van der Waals surface area contributed by atoms with Crippen LogP contribution in [0.1, 0.15) is 38.5 Å². The topological polar surface area (TPSA) is 74.6 Å². The Morgan fingerprint density at radius 1 is 0.314 bits per heavy atom. The van der Waals surface area contributed by atoms with E-state index < -0.39 is 127 Å². The molecule has 0 fully saturated rings. The van der Waals surface area contributed by atoms with Crippen molar-refractivity contribution in [3.8, 4) is 0 Å². The Kier molecular flexibility index (Phi) is 12.5. The second-order valence-corrected chi connectivity index (χ2v) is 10.4. The van der Waals surface area contributed by atoms with Crippen molar-refractivity contribution in [1.82, 2.24) is 0 Å². The van der Waals surface area contributed by atoms with Gasteiger partial charge in [-0.05, 0) is 25.7 Å². The number of carbonyl (C=O) groups is 2. The number of carboxylic acids is 2. The number of hydrogen-bond donors (Lipinski definition) is 2. The van der Waals surface area contributed by atoms with Gasteiger partial charge in [0, 0.05) is 12.8 Å². The highest BCUT2D eigenvalue weighted by Gasteiger charge is 2.92. The average molecular weight is 824 g/mol. The number of aliphatic carboxylic acids is 2. The lowest BCUT2D eigenvalue weighted by molar-refractivity contribution is -0.440. The number of rotatable bonds is 18. The fourth-order valence-electron chi connectivity index (χ4n) is 3.79. The summed E-state index contributed by atoms with van der Waals surface area (Å²) in [6, 6.07) is 0. The van der Waals surface area contributed by atoms with Crippen molar-refractivity contribution in [1.29, 1.82) is 0 Å². The predicted molar refractivity (Wildman–Crippen MR) is 107 cm³/mol. The first-order chi connectivity index (χ1) is 21.8. The van der Waals surface area contributed by atoms with Crippen molar-refractivity contribution < 1.29 is 134 Å². The maximum absolute atomic E-state index is 14.0. The molecule has 0 saturated carbocycles. The van der Waals surface area contributed by atoms with Crippen LogP contribution in [-0.4, -0.2) is 93.7 Å². The minimum absolute atomic E-state index is 2.36. The van der Waals surface area contributed by atoms with E-state index in [9.17, 15) is 124 Å². The zero-order valence-corrected chi connectivity index (χ0v) is 23.3. The van der Waals surface area contributed by atoms with Crippen molar-refractivity contribution in [2.75, 3.05) is 0 Å². The Labute approximate surface area is 262 Å². The summed E-state index contributed by atoms with van der Waals surface area (Å²) >= 11 is 0. The van der Waals surface area contributed by atoms with Crippen LogP contribution in [0, 0.1) is 5.41 Å². The molecule has 0 bridgehead atoms. The average Bonchev–Trinajstić information content (AvgIpc) is 2.89. The molecule has 0 rings (SSSR count). The highest BCUT2D eigenvalue weighted by atomic mass is 19.4. The van der Waals surface area contributed by atoms with Gasteiger partial charge in [-0.25, -0.2) is 0 Å². The largest absolute Gasteiger partial charge is 0.480 e. The van der Waals surface area contributed by atoms with Crippen LogP contribution in [0.25, 0.3) is 0 Å². The lowest BCUT2D eigenvalue weighted by Crippen LogP contribution is -2.70. The second-order valence-electron chi connectivity index (χ2n) is 10.4. The van der Waals surface area contributed by atoms with Gasteiger partial charge in [-0.15, -0.1) is 0 Å². The second kappa shape index (κ2) is 13.2. The monoisotopic (exact) mass is 824 g/mol. The zero-order chi connectivity index (χ0) is 41.9. The van der Waals surface area contributed by atoms with Crippen LogP contribution in [0.4, 0.5) is 114 Å². The van der Waals surface area contributed by atoms with Crippen LogP contribution in [0.2, 0.25) is 0 Å². The van der Waals surface area contributed by atoms with Crippen LogP contribution in [0.15, 0.2) is 0 Å². The number of halogens is 26. The number of hydrogen-bond acceptors (Lipinski definition) is 2. The minimum atomic E-state index is -8.40. The van der Waals surface area contributed by atoms with Crippen molar-refractivity contribution in [3.05, 3.63) is 0 Å².